The van der Waals surface area contributed by atoms with Crippen LogP contribution in [0.2, 0.25) is 0 Å². The summed E-state index contributed by atoms with van der Waals surface area (Å²) in [6, 6.07) is 8.42. The molecule has 0 bridgehead atoms. The van der Waals surface area contributed by atoms with Gasteiger partial charge in [-0.3, -0.25) is 0 Å². The van der Waals surface area contributed by atoms with Crippen LogP contribution < -0.4 is 10.6 Å². The zero-order valence-corrected chi connectivity index (χ0v) is 14.3. The number of benzene rings is 1. The highest BCUT2D eigenvalue weighted by Gasteiger charge is 2.22. The molecule has 0 spiro atoms. The molecule has 2 heterocycles. The second-order valence-corrected chi connectivity index (χ2v) is 6.61. The first-order chi connectivity index (χ1) is 11.1. The minimum atomic E-state index is 0.658. The first-order valence-electron chi connectivity index (χ1n) is 8.45. The van der Waals surface area contributed by atoms with Crippen molar-refractivity contribution in [2.75, 3.05) is 24.5 Å². The predicted molar refractivity (Wildman–Crippen MR) is 95.7 cm³/mol. The molecule has 1 aromatic heterocycles. The Morgan fingerprint density at radius 1 is 1.04 bits per heavy atom. The van der Waals surface area contributed by atoms with E-state index in [1.807, 2.05) is 0 Å². The largest absolute Gasteiger partial charge is 0.356 e. The number of aryl methyl sites for hydroxylation is 2. The van der Waals surface area contributed by atoms with Crippen molar-refractivity contribution in [1.29, 1.82) is 0 Å². The molecule has 122 valence electrons. The van der Waals surface area contributed by atoms with Crippen molar-refractivity contribution in [3.63, 3.8) is 0 Å². The van der Waals surface area contributed by atoms with Crippen LogP contribution in [0.25, 0.3) is 11.4 Å². The van der Waals surface area contributed by atoms with Crippen LogP contribution in [-0.4, -0.2) is 29.6 Å². The van der Waals surface area contributed by atoms with Crippen molar-refractivity contribution in [2.45, 2.75) is 33.6 Å². The maximum absolute atomic E-state index is 5.81. The van der Waals surface area contributed by atoms with Gasteiger partial charge in [0.2, 0.25) is 0 Å². The van der Waals surface area contributed by atoms with E-state index in [-0.39, 0.29) is 0 Å². The number of hydrogen-bond donors (Lipinski definition) is 1. The predicted octanol–water partition coefficient (Wildman–Crippen LogP) is 3.24. The summed E-state index contributed by atoms with van der Waals surface area (Å²) in [6.45, 7) is 9.16. The minimum absolute atomic E-state index is 0.658. The Morgan fingerprint density at radius 2 is 1.70 bits per heavy atom. The zero-order valence-electron chi connectivity index (χ0n) is 14.3. The monoisotopic (exact) mass is 310 g/mol. The topological polar surface area (TPSA) is 55.0 Å². The van der Waals surface area contributed by atoms with E-state index in [2.05, 4.69) is 49.9 Å². The van der Waals surface area contributed by atoms with Crippen molar-refractivity contribution < 1.29 is 0 Å². The first-order valence-corrected chi connectivity index (χ1v) is 8.45. The molecule has 0 saturated carbocycles. The fourth-order valence-corrected chi connectivity index (χ4v) is 3.13. The van der Waals surface area contributed by atoms with Gasteiger partial charge in [-0.2, -0.15) is 0 Å². The summed E-state index contributed by atoms with van der Waals surface area (Å²) in [4.78, 5) is 12.0. The van der Waals surface area contributed by atoms with E-state index in [9.17, 15) is 0 Å². The third kappa shape index (κ3) is 3.37. The van der Waals surface area contributed by atoms with E-state index in [1.165, 1.54) is 11.1 Å². The molecular weight excluding hydrogens is 284 g/mol. The Labute approximate surface area is 138 Å². The van der Waals surface area contributed by atoms with Gasteiger partial charge < -0.3 is 10.6 Å². The molecular formula is C19H26N4. The summed E-state index contributed by atoms with van der Waals surface area (Å²) in [5.41, 5.74) is 10.4. The number of hydrogen-bond acceptors (Lipinski definition) is 4. The van der Waals surface area contributed by atoms with E-state index >= 15 is 0 Å². The van der Waals surface area contributed by atoms with Crippen molar-refractivity contribution in [1.82, 2.24) is 9.97 Å². The number of rotatable bonds is 3. The Bertz CT molecular complexity index is 671. The van der Waals surface area contributed by atoms with Gasteiger partial charge in [0.25, 0.3) is 0 Å². The van der Waals surface area contributed by atoms with Gasteiger partial charge in [-0.05, 0) is 46.1 Å². The van der Waals surface area contributed by atoms with Crippen molar-refractivity contribution in [3.8, 4) is 11.4 Å². The average Bonchev–Trinajstić information content (AvgIpc) is 2.58. The normalized spacial score (nSPS) is 15.9. The van der Waals surface area contributed by atoms with Gasteiger partial charge in [0.05, 0.1) is 0 Å². The van der Waals surface area contributed by atoms with E-state index in [0.29, 0.717) is 5.92 Å². The molecule has 0 atom stereocenters. The van der Waals surface area contributed by atoms with Gasteiger partial charge in [-0.15, -0.1) is 0 Å². The highest BCUT2D eigenvalue weighted by Crippen LogP contribution is 2.28. The van der Waals surface area contributed by atoms with Gasteiger partial charge in [0.1, 0.15) is 5.82 Å². The van der Waals surface area contributed by atoms with Gasteiger partial charge in [0.15, 0.2) is 5.82 Å². The summed E-state index contributed by atoms with van der Waals surface area (Å²) < 4.78 is 0. The maximum Gasteiger partial charge on any atom is 0.161 e. The molecule has 1 saturated heterocycles. The molecule has 2 aromatic rings. The van der Waals surface area contributed by atoms with Crippen LogP contribution in [0, 0.1) is 26.7 Å². The molecule has 2 N–H and O–H groups in total. The summed E-state index contributed by atoms with van der Waals surface area (Å²) in [6.07, 6.45) is 2.30. The van der Waals surface area contributed by atoms with E-state index < -0.39 is 0 Å². The van der Waals surface area contributed by atoms with Gasteiger partial charge in [-0.25, -0.2) is 9.97 Å². The lowest BCUT2D eigenvalue weighted by Gasteiger charge is -2.33. The summed E-state index contributed by atoms with van der Waals surface area (Å²) in [5.74, 6) is 2.57. The Kier molecular flexibility index (Phi) is 4.62. The molecule has 1 aliphatic rings. The highest BCUT2D eigenvalue weighted by atomic mass is 15.2. The molecule has 0 radical (unpaired) electrons. The van der Waals surface area contributed by atoms with Crippen molar-refractivity contribution in [3.05, 3.63) is 41.1 Å². The lowest BCUT2D eigenvalue weighted by Crippen LogP contribution is -2.37. The summed E-state index contributed by atoms with van der Waals surface area (Å²) in [5, 5.41) is 0. The van der Waals surface area contributed by atoms with Crippen molar-refractivity contribution in [2.24, 2.45) is 11.7 Å². The third-order valence-electron chi connectivity index (χ3n) is 4.92. The number of anilines is 1. The van der Waals surface area contributed by atoms with Crippen LogP contribution in [-0.2, 0) is 0 Å². The Balaban J connectivity index is 1.93. The molecule has 1 fully saturated rings. The van der Waals surface area contributed by atoms with Gasteiger partial charge >= 0.3 is 0 Å². The quantitative estimate of drug-likeness (QED) is 0.945. The van der Waals surface area contributed by atoms with Crippen LogP contribution in [0.4, 0.5) is 5.82 Å². The maximum atomic E-state index is 5.81. The number of piperidine rings is 1. The van der Waals surface area contributed by atoms with Crippen LogP contribution in [0.1, 0.15) is 29.7 Å². The lowest BCUT2D eigenvalue weighted by atomic mass is 9.97. The van der Waals surface area contributed by atoms with Gasteiger partial charge in [0, 0.05) is 29.9 Å². The Morgan fingerprint density at radius 3 is 2.30 bits per heavy atom. The molecule has 0 unspecified atom stereocenters. The Hall–Kier alpha value is -1.94. The fourth-order valence-electron chi connectivity index (χ4n) is 3.13. The average molecular weight is 310 g/mol. The van der Waals surface area contributed by atoms with E-state index in [1.54, 1.807) is 0 Å². The summed E-state index contributed by atoms with van der Waals surface area (Å²) >= 11 is 0. The van der Waals surface area contributed by atoms with Gasteiger partial charge in [-0.1, -0.05) is 29.8 Å². The molecule has 0 aliphatic carbocycles. The summed E-state index contributed by atoms with van der Waals surface area (Å²) in [7, 11) is 0. The molecule has 4 heteroatoms. The number of aromatic nitrogens is 2. The standard InChI is InChI=1S/C19H26N4/c1-13-4-6-17(7-5-13)18-21-15(3)14(2)19(22-18)23-10-8-16(12-20)9-11-23/h4-7,16H,8-12,20H2,1-3H3. The second-order valence-electron chi connectivity index (χ2n) is 6.61. The zero-order chi connectivity index (χ0) is 16.4. The molecule has 3 rings (SSSR count). The highest BCUT2D eigenvalue weighted by molar-refractivity contribution is 5.60. The fraction of sp³-hybridized carbons (Fsp3) is 0.474. The van der Waals surface area contributed by atoms with Crippen LogP contribution in [0.5, 0.6) is 0 Å². The molecule has 23 heavy (non-hydrogen) atoms. The van der Waals surface area contributed by atoms with Crippen LogP contribution in [0.3, 0.4) is 0 Å². The minimum Gasteiger partial charge on any atom is -0.356 e. The van der Waals surface area contributed by atoms with Crippen LogP contribution >= 0.6 is 0 Å². The molecule has 4 nitrogen and oxygen atoms in total. The van der Waals surface area contributed by atoms with E-state index in [0.717, 1.165) is 55.4 Å². The lowest BCUT2D eigenvalue weighted by molar-refractivity contribution is 0.412. The second kappa shape index (κ2) is 6.67. The van der Waals surface area contributed by atoms with Crippen LogP contribution in [0.15, 0.2) is 24.3 Å². The SMILES string of the molecule is Cc1ccc(-c2nc(C)c(C)c(N3CCC(CN)CC3)n2)cc1. The molecule has 0 amide bonds. The number of nitrogens with zero attached hydrogens (tertiary/aromatic N) is 3. The molecule has 1 aromatic carbocycles. The van der Waals surface area contributed by atoms with Crippen molar-refractivity contribution >= 4 is 5.82 Å². The smallest absolute Gasteiger partial charge is 0.161 e. The first kappa shape index (κ1) is 15.9. The third-order valence-corrected chi connectivity index (χ3v) is 4.92. The van der Waals surface area contributed by atoms with E-state index in [4.69, 9.17) is 15.7 Å². The number of nitrogens with two attached hydrogens (primary N) is 1. The molecule has 1 aliphatic heterocycles.